The Hall–Kier alpha value is -3.40. The number of fused-ring (bicyclic) bond motifs is 3. The van der Waals surface area contributed by atoms with Crippen molar-refractivity contribution in [2.24, 2.45) is 9.98 Å². The Kier molecular flexibility index (Phi) is 8.26. The summed E-state index contributed by atoms with van der Waals surface area (Å²) in [5.74, 6) is 0.805. The van der Waals surface area contributed by atoms with E-state index in [1.807, 2.05) is 31.2 Å². The standard InChI is InChI=1S/C28H33N5O4S/c1-2-23(26(35)29-17-19-11-8-16-37-19)38-28-32-21-13-7-6-12-20(21)25-31-22(27(36)33(25)28)14-15-24(34)30-18-9-4-3-5-10-18/h6-8,11-13,16,18,22-23H,2-5,9-10,14-15,17H2,1H3,(H,29,35)(H,30,34)/t22-,23-/m0/s1. The van der Waals surface area contributed by atoms with E-state index in [1.165, 1.54) is 23.1 Å². The Bertz CT molecular complexity index is 1240. The molecule has 0 bridgehead atoms. The lowest BCUT2D eigenvalue weighted by atomic mass is 9.95. The summed E-state index contributed by atoms with van der Waals surface area (Å²) < 4.78 is 5.31. The molecule has 10 heteroatoms. The van der Waals surface area contributed by atoms with Gasteiger partial charge in [0.25, 0.3) is 5.91 Å². The van der Waals surface area contributed by atoms with Gasteiger partial charge in [0.1, 0.15) is 17.6 Å². The Morgan fingerprint density at radius 3 is 2.74 bits per heavy atom. The van der Waals surface area contributed by atoms with Crippen LogP contribution in [-0.2, 0) is 20.9 Å². The van der Waals surface area contributed by atoms with Gasteiger partial charge in [-0.25, -0.2) is 9.89 Å². The number of para-hydroxylation sites is 1. The molecule has 200 valence electrons. The highest BCUT2D eigenvalue weighted by molar-refractivity contribution is 8.15. The van der Waals surface area contributed by atoms with Crippen LogP contribution in [-0.4, -0.2) is 51.0 Å². The molecule has 1 fully saturated rings. The molecule has 38 heavy (non-hydrogen) atoms. The summed E-state index contributed by atoms with van der Waals surface area (Å²) in [6.45, 7) is 2.22. The predicted octanol–water partition coefficient (Wildman–Crippen LogP) is 4.30. The van der Waals surface area contributed by atoms with Crippen LogP contribution in [0.2, 0.25) is 0 Å². The van der Waals surface area contributed by atoms with Gasteiger partial charge in [0, 0.05) is 18.0 Å². The Balaban J connectivity index is 1.28. The first-order valence-electron chi connectivity index (χ1n) is 13.4. The maximum absolute atomic E-state index is 13.6. The van der Waals surface area contributed by atoms with Crippen LogP contribution in [0, 0.1) is 0 Å². The third-order valence-electron chi connectivity index (χ3n) is 7.09. The summed E-state index contributed by atoms with van der Waals surface area (Å²) in [4.78, 5) is 50.1. The smallest absolute Gasteiger partial charge is 0.259 e. The fourth-order valence-corrected chi connectivity index (χ4v) is 6.08. The minimum atomic E-state index is -0.660. The van der Waals surface area contributed by atoms with Crippen molar-refractivity contribution in [2.45, 2.75) is 82.2 Å². The highest BCUT2D eigenvalue weighted by Crippen LogP contribution is 2.36. The predicted molar refractivity (Wildman–Crippen MR) is 147 cm³/mol. The Morgan fingerprint density at radius 2 is 1.97 bits per heavy atom. The second-order valence-electron chi connectivity index (χ2n) is 9.81. The van der Waals surface area contributed by atoms with E-state index in [1.54, 1.807) is 18.4 Å². The number of thioether (sulfide) groups is 1. The van der Waals surface area contributed by atoms with E-state index in [0.29, 0.717) is 41.8 Å². The molecular formula is C28H33N5O4S. The lowest BCUT2D eigenvalue weighted by molar-refractivity contribution is -0.125. The molecule has 1 aliphatic carbocycles. The van der Waals surface area contributed by atoms with Gasteiger partial charge in [0.15, 0.2) is 5.17 Å². The van der Waals surface area contributed by atoms with E-state index in [9.17, 15) is 14.4 Å². The number of aliphatic imine (C=N–C) groups is 2. The van der Waals surface area contributed by atoms with E-state index in [-0.39, 0.29) is 30.2 Å². The molecule has 0 radical (unpaired) electrons. The molecule has 3 heterocycles. The molecule has 3 amide bonds. The topological polar surface area (TPSA) is 116 Å². The summed E-state index contributed by atoms with van der Waals surface area (Å²) >= 11 is 1.26. The number of benzene rings is 1. The number of rotatable bonds is 9. The molecule has 2 aromatic rings. The number of hydrogen-bond acceptors (Lipinski definition) is 7. The fourth-order valence-electron chi connectivity index (χ4n) is 5.03. The molecule has 3 aliphatic rings. The zero-order valence-electron chi connectivity index (χ0n) is 21.5. The number of hydrogen-bond donors (Lipinski definition) is 2. The van der Waals surface area contributed by atoms with Gasteiger partial charge >= 0.3 is 0 Å². The molecule has 2 aliphatic heterocycles. The maximum atomic E-state index is 13.6. The lowest BCUT2D eigenvalue weighted by Gasteiger charge is -2.27. The average Bonchev–Trinajstić information content (AvgIpc) is 3.58. The van der Waals surface area contributed by atoms with Crippen molar-refractivity contribution in [3.63, 3.8) is 0 Å². The lowest BCUT2D eigenvalue weighted by Crippen LogP contribution is -2.43. The maximum Gasteiger partial charge on any atom is 0.259 e. The van der Waals surface area contributed by atoms with Crippen molar-refractivity contribution < 1.29 is 18.8 Å². The van der Waals surface area contributed by atoms with Crippen molar-refractivity contribution in [2.75, 3.05) is 0 Å². The van der Waals surface area contributed by atoms with Gasteiger partial charge in [0.05, 0.1) is 23.7 Å². The summed E-state index contributed by atoms with van der Waals surface area (Å²) in [6.07, 6.45) is 8.25. The quantitative estimate of drug-likeness (QED) is 0.497. The number of nitrogens with one attached hydrogen (secondary N) is 2. The van der Waals surface area contributed by atoms with Crippen molar-refractivity contribution >= 4 is 46.2 Å². The van der Waals surface area contributed by atoms with E-state index in [4.69, 9.17) is 14.4 Å². The SMILES string of the molecule is CC[C@H](SC1=Nc2ccccc2C2=N[C@@H](CCC(=O)NC3CCCCC3)C(=O)N12)C(=O)NCc1ccco1. The molecule has 2 atom stereocenters. The van der Waals surface area contributed by atoms with Crippen LogP contribution in [0.25, 0.3) is 0 Å². The number of amides is 3. The van der Waals surface area contributed by atoms with Crippen LogP contribution >= 0.6 is 11.8 Å². The number of furan rings is 1. The largest absolute Gasteiger partial charge is 0.467 e. The van der Waals surface area contributed by atoms with Crippen LogP contribution in [0.5, 0.6) is 0 Å². The number of carbonyl (C=O) groups is 3. The van der Waals surface area contributed by atoms with Gasteiger partial charge in [-0.05, 0) is 49.9 Å². The van der Waals surface area contributed by atoms with Crippen molar-refractivity contribution in [3.8, 4) is 0 Å². The first kappa shape index (κ1) is 26.2. The Morgan fingerprint density at radius 1 is 1.16 bits per heavy atom. The summed E-state index contributed by atoms with van der Waals surface area (Å²) in [5, 5.41) is 6.00. The average molecular weight is 536 g/mol. The molecule has 2 N–H and O–H groups in total. The minimum Gasteiger partial charge on any atom is -0.467 e. The molecule has 0 spiro atoms. The van der Waals surface area contributed by atoms with E-state index >= 15 is 0 Å². The second-order valence-corrected chi connectivity index (χ2v) is 11.0. The second kappa shape index (κ2) is 12.0. The van der Waals surface area contributed by atoms with Gasteiger partial charge < -0.3 is 15.1 Å². The van der Waals surface area contributed by atoms with E-state index < -0.39 is 11.3 Å². The molecule has 1 saturated carbocycles. The molecule has 1 aromatic carbocycles. The summed E-state index contributed by atoms with van der Waals surface area (Å²) in [5.41, 5.74) is 1.48. The zero-order valence-corrected chi connectivity index (χ0v) is 22.3. The van der Waals surface area contributed by atoms with Crippen LogP contribution in [0.15, 0.2) is 57.1 Å². The van der Waals surface area contributed by atoms with Crippen molar-refractivity contribution in [1.82, 2.24) is 15.5 Å². The highest BCUT2D eigenvalue weighted by atomic mass is 32.2. The first-order chi connectivity index (χ1) is 18.5. The molecule has 0 saturated heterocycles. The number of nitrogens with zero attached hydrogens (tertiary/aromatic N) is 3. The van der Waals surface area contributed by atoms with Gasteiger partial charge in [-0.15, -0.1) is 0 Å². The van der Waals surface area contributed by atoms with Crippen LogP contribution < -0.4 is 10.6 Å². The summed E-state index contributed by atoms with van der Waals surface area (Å²) in [6, 6.07) is 10.7. The van der Waals surface area contributed by atoms with Gasteiger partial charge in [0.2, 0.25) is 11.8 Å². The third-order valence-corrected chi connectivity index (χ3v) is 8.41. The third kappa shape index (κ3) is 5.85. The van der Waals surface area contributed by atoms with Gasteiger partial charge in [-0.2, -0.15) is 0 Å². The zero-order chi connectivity index (χ0) is 26.5. The van der Waals surface area contributed by atoms with Gasteiger partial charge in [-0.1, -0.05) is 50.1 Å². The van der Waals surface area contributed by atoms with Crippen molar-refractivity contribution in [1.29, 1.82) is 0 Å². The first-order valence-corrected chi connectivity index (χ1v) is 14.3. The van der Waals surface area contributed by atoms with Crippen LogP contribution in [0.1, 0.15) is 69.6 Å². The van der Waals surface area contributed by atoms with E-state index in [0.717, 1.165) is 31.2 Å². The molecule has 1 aromatic heterocycles. The molecule has 0 unspecified atom stereocenters. The molecule has 5 rings (SSSR count). The van der Waals surface area contributed by atoms with Crippen LogP contribution in [0.4, 0.5) is 5.69 Å². The number of carbonyl (C=O) groups excluding carboxylic acids is 3. The van der Waals surface area contributed by atoms with Crippen molar-refractivity contribution in [3.05, 3.63) is 54.0 Å². The normalized spacial score (nSPS) is 19.8. The van der Waals surface area contributed by atoms with Gasteiger partial charge in [-0.3, -0.25) is 19.4 Å². The van der Waals surface area contributed by atoms with E-state index in [2.05, 4.69) is 10.6 Å². The fraction of sp³-hybridized carbons (Fsp3) is 0.464. The highest BCUT2D eigenvalue weighted by Gasteiger charge is 2.42. The minimum absolute atomic E-state index is 0.0299. The number of amidine groups is 2. The van der Waals surface area contributed by atoms with Crippen LogP contribution in [0.3, 0.4) is 0 Å². The monoisotopic (exact) mass is 535 g/mol. The molecular weight excluding hydrogens is 502 g/mol. The summed E-state index contributed by atoms with van der Waals surface area (Å²) in [7, 11) is 0. The molecule has 9 nitrogen and oxygen atoms in total. The Labute approximate surface area is 226 Å².